The molecule has 2 unspecified atom stereocenters. The van der Waals surface area contributed by atoms with Crippen LogP contribution in [0.1, 0.15) is 19.8 Å². The lowest BCUT2D eigenvalue weighted by molar-refractivity contribution is -0.142. The van der Waals surface area contributed by atoms with Gasteiger partial charge in [0.1, 0.15) is 13.2 Å². The fraction of sp³-hybridized carbons (Fsp3) is 0.900. The molecule has 100 valence electrons. The van der Waals surface area contributed by atoms with Crippen molar-refractivity contribution >= 4 is 5.91 Å². The first-order chi connectivity index (χ1) is 7.88. The molecule has 17 heavy (non-hydrogen) atoms. The van der Waals surface area contributed by atoms with E-state index in [1.165, 1.54) is 0 Å². The van der Waals surface area contributed by atoms with Crippen molar-refractivity contribution in [2.24, 2.45) is 0 Å². The first-order valence-electron chi connectivity index (χ1n) is 5.57. The van der Waals surface area contributed by atoms with Crippen LogP contribution >= 0.6 is 0 Å². The van der Waals surface area contributed by atoms with E-state index in [2.05, 4.69) is 5.32 Å². The summed E-state index contributed by atoms with van der Waals surface area (Å²) in [6, 6.07) is 0.124. The Morgan fingerprint density at radius 1 is 1.53 bits per heavy atom. The Hall–Kier alpha value is -0.820. The van der Waals surface area contributed by atoms with Gasteiger partial charge in [0.15, 0.2) is 0 Å². The van der Waals surface area contributed by atoms with Crippen LogP contribution in [-0.2, 0) is 9.53 Å². The molecule has 7 heteroatoms. The number of halogens is 3. The van der Waals surface area contributed by atoms with Gasteiger partial charge < -0.3 is 15.4 Å². The molecular weight excluding hydrogens is 237 g/mol. The second kappa shape index (κ2) is 6.20. The SMILES string of the molecule is CC1NCCCC1OCC(=O)NCC(F)(F)F. The van der Waals surface area contributed by atoms with Gasteiger partial charge in [-0.05, 0) is 26.3 Å². The summed E-state index contributed by atoms with van der Waals surface area (Å²) in [4.78, 5) is 11.1. The molecule has 2 N–H and O–H groups in total. The highest BCUT2D eigenvalue weighted by molar-refractivity contribution is 5.77. The zero-order valence-corrected chi connectivity index (χ0v) is 9.64. The maximum absolute atomic E-state index is 11.8. The molecular formula is C10H17F3N2O2. The van der Waals surface area contributed by atoms with Crippen molar-refractivity contribution in [3.8, 4) is 0 Å². The lowest BCUT2D eigenvalue weighted by Crippen LogP contribution is -2.45. The number of rotatable bonds is 4. The van der Waals surface area contributed by atoms with Crippen molar-refractivity contribution < 1.29 is 22.7 Å². The highest BCUT2D eigenvalue weighted by Gasteiger charge is 2.28. The number of nitrogens with one attached hydrogen (secondary N) is 2. The number of hydrogen-bond acceptors (Lipinski definition) is 3. The van der Waals surface area contributed by atoms with Gasteiger partial charge in [-0.25, -0.2) is 0 Å². The molecule has 0 aromatic carbocycles. The lowest BCUT2D eigenvalue weighted by atomic mass is 10.0. The minimum absolute atomic E-state index is 0.111. The summed E-state index contributed by atoms with van der Waals surface area (Å²) in [5.74, 6) is -0.736. The minimum atomic E-state index is -4.38. The van der Waals surface area contributed by atoms with Crippen LogP contribution in [0.3, 0.4) is 0 Å². The average molecular weight is 254 g/mol. The third-order valence-electron chi connectivity index (χ3n) is 2.60. The quantitative estimate of drug-likeness (QED) is 0.781. The molecule has 1 aliphatic rings. The van der Waals surface area contributed by atoms with E-state index < -0.39 is 18.6 Å². The summed E-state index contributed by atoms with van der Waals surface area (Å²) >= 11 is 0. The summed E-state index contributed by atoms with van der Waals surface area (Å²) in [7, 11) is 0. The molecule has 0 aliphatic carbocycles. The van der Waals surface area contributed by atoms with E-state index >= 15 is 0 Å². The van der Waals surface area contributed by atoms with Gasteiger partial charge in [0.25, 0.3) is 0 Å². The number of ether oxygens (including phenoxy) is 1. The van der Waals surface area contributed by atoms with Crippen molar-refractivity contribution in [1.29, 1.82) is 0 Å². The van der Waals surface area contributed by atoms with Crippen LogP contribution in [0.2, 0.25) is 0 Å². The van der Waals surface area contributed by atoms with E-state index in [0.717, 1.165) is 19.4 Å². The molecule has 1 aliphatic heterocycles. The fourth-order valence-electron chi connectivity index (χ4n) is 1.67. The van der Waals surface area contributed by atoms with Crippen molar-refractivity contribution in [1.82, 2.24) is 10.6 Å². The van der Waals surface area contributed by atoms with Crippen LogP contribution in [0.5, 0.6) is 0 Å². The largest absolute Gasteiger partial charge is 0.405 e. The predicted octanol–water partition coefficient (Wildman–Crippen LogP) is 0.822. The topological polar surface area (TPSA) is 50.4 Å². The average Bonchev–Trinajstić information content (AvgIpc) is 2.24. The minimum Gasteiger partial charge on any atom is -0.367 e. The van der Waals surface area contributed by atoms with Crippen LogP contribution in [0.4, 0.5) is 13.2 Å². The molecule has 0 aromatic rings. The molecule has 1 rings (SSSR count). The third kappa shape index (κ3) is 5.88. The van der Waals surface area contributed by atoms with Crippen molar-refractivity contribution in [2.75, 3.05) is 19.7 Å². The van der Waals surface area contributed by atoms with Crippen LogP contribution in [-0.4, -0.2) is 43.9 Å². The molecule has 0 radical (unpaired) electrons. The Labute approximate surface area is 97.9 Å². The monoisotopic (exact) mass is 254 g/mol. The molecule has 1 fully saturated rings. The second-order valence-corrected chi connectivity index (χ2v) is 4.13. The Bertz CT molecular complexity index is 258. The number of carbonyl (C=O) groups excluding carboxylic acids is 1. The summed E-state index contributed by atoms with van der Waals surface area (Å²) in [6.07, 6.45) is -2.73. The number of piperidine rings is 1. The second-order valence-electron chi connectivity index (χ2n) is 4.13. The highest BCUT2D eigenvalue weighted by atomic mass is 19.4. The Balaban J connectivity index is 2.19. The number of amides is 1. The van der Waals surface area contributed by atoms with E-state index in [9.17, 15) is 18.0 Å². The lowest BCUT2D eigenvalue weighted by Gasteiger charge is -2.29. The van der Waals surface area contributed by atoms with Crippen molar-refractivity contribution in [3.63, 3.8) is 0 Å². The molecule has 1 heterocycles. The molecule has 1 amide bonds. The molecule has 0 bridgehead atoms. The standard InChI is InChI=1S/C10H17F3N2O2/c1-7-8(3-2-4-14-7)17-5-9(16)15-6-10(11,12)13/h7-8,14H,2-6H2,1H3,(H,15,16). The Morgan fingerprint density at radius 2 is 2.24 bits per heavy atom. The molecule has 4 nitrogen and oxygen atoms in total. The van der Waals surface area contributed by atoms with E-state index in [0.29, 0.717) is 0 Å². The molecule has 2 atom stereocenters. The van der Waals surface area contributed by atoms with Gasteiger partial charge in [0.05, 0.1) is 6.10 Å². The fourth-order valence-corrected chi connectivity index (χ4v) is 1.67. The van der Waals surface area contributed by atoms with Gasteiger partial charge in [-0.1, -0.05) is 0 Å². The van der Waals surface area contributed by atoms with E-state index in [1.54, 1.807) is 5.32 Å². The normalized spacial score (nSPS) is 25.6. The highest BCUT2D eigenvalue weighted by Crippen LogP contribution is 2.13. The van der Waals surface area contributed by atoms with Crippen molar-refractivity contribution in [2.45, 2.75) is 38.1 Å². The first-order valence-corrected chi connectivity index (χ1v) is 5.57. The Morgan fingerprint density at radius 3 is 2.82 bits per heavy atom. The van der Waals surface area contributed by atoms with Crippen LogP contribution in [0, 0.1) is 0 Å². The van der Waals surface area contributed by atoms with E-state index in [-0.39, 0.29) is 18.8 Å². The Kier molecular flexibility index (Phi) is 5.20. The van der Waals surface area contributed by atoms with Gasteiger partial charge in [-0.2, -0.15) is 13.2 Å². The smallest absolute Gasteiger partial charge is 0.367 e. The van der Waals surface area contributed by atoms with Gasteiger partial charge in [-0.15, -0.1) is 0 Å². The van der Waals surface area contributed by atoms with Crippen LogP contribution in [0.25, 0.3) is 0 Å². The predicted molar refractivity (Wildman–Crippen MR) is 55.5 cm³/mol. The van der Waals surface area contributed by atoms with Crippen molar-refractivity contribution in [3.05, 3.63) is 0 Å². The molecule has 0 saturated carbocycles. The number of alkyl halides is 3. The van der Waals surface area contributed by atoms with Gasteiger partial charge >= 0.3 is 6.18 Å². The van der Waals surface area contributed by atoms with Gasteiger partial charge in [0, 0.05) is 6.04 Å². The third-order valence-corrected chi connectivity index (χ3v) is 2.60. The number of hydrogen-bond donors (Lipinski definition) is 2. The summed E-state index contributed by atoms with van der Waals surface area (Å²) in [6.45, 7) is 1.19. The van der Waals surface area contributed by atoms with Gasteiger partial charge in [0.2, 0.25) is 5.91 Å². The maximum Gasteiger partial charge on any atom is 0.405 e. The van der Waals surface area contributed by atoms with E-state index in [4.69, 9.17) is 4.74 Å². The van der Waals surface area contributed by atoms with Crippen LogP contribution < -0.4 is 10.6 Å². The van der Waals surface area contributed by atoms with E-state index in [1.807, 2.05) is 6.92 Å². The first kappa shape index (κ1) is 14.2. The molecule has 1 saturated heterocycles. The maximum atomic E-state index is 11.8. The summed E-state index contributed by atoms with van der Waals surface area (Å²) < 4.78 is 40.7. The zero-order valence-electron chi connectivity index (χ0n) is 9.64. The zero-order chi connectivity index (χ0) is 12.9. The molecule has 0 spiro atoms. The van der Waals surface area contributed by atoms with Crippen LogP contribution in [0.15, 0.2) is 0 Å². The summed E-state index contributed by atoms with van der Waals surface area (Å²) in [5.41, 5.74) is 0. The molecule has 0 aromatic heterocycles. The summed E-state index contributed by atoms with van der Waals surface area (Å²) in [5, 5.41) is 4.94. The van der Waals surface area contributed by atoms with Gasteiger partial charge in [-0.3, -0.25) is 4.79 Å². The number of carbonyl (C=O) groups is 1.